The lowest BCUT2D eigenvalue weighted by Crippen LogP contribution is -2.52. The van der Waals surface area contributed by atoms with Crippen molar-refractivity contribution in [1.82, 2.24) is 14.5 Å². The molecule has 1 aromatic carbocycles. The quantitative estimate of drug-likeness (QED) is 0.803. The Hall–Kier alpha value is -1.44. The minimum atomic E-state index is -3.62. The van der Waals surface area contributed by atoms with Crippen LogP contribution in [0.4, 0.5) is 0 Å². The first-order valence-electron chi connectivity index (χ1n) is 10.1. The van der Waals surface area contributed by atoms with Crippen molar-refractivity contribution in [1.29, 1.82) is 0 Å². The third-order valence-corrected chi connectivity index (χ3v) is 7.96. The van der Waals surface area contributed by atoms with Crippen LogP contribution in [0.2, 0.25) is 0 Å². The van der Waals surface area contributed by atoms with E-state index >= 15 is 0 Å². The van der Waals surface area contributed by atoms with E-state index in [1.807, 2.05) is 4.90 Å². The van der Waals surface area contributed by atoms with Gasteiger partial charge in [-0.25, -0.2) is 8.42 Å². The van der Waals surface area contributed by atoms with Gasteiger partial charge in [-0.15, -0.1) is 0 Å². The monoisotopic (exact) mass is 391 g/mol. The summed E-state index contributed by atoms with van der Waals surface area (Å²) >= 11 is 0. The van der Waals surface area contributed by atoms with E-state index in [-0.39, 0.29) is 10.8 Å². The maximum Gasteiger partial charge on any atom is 0.243 e. The summed E-state index contributed by atoms with van der Waals surface area (Å²) in [4.78, 5) is 15.2. The SMILES string of the molecule is O=C(C1CCCN1S(=O)(=O)c1ccccc1)N1CCC(NCC2CC2)CC1. The Morgan fingerprint density at radius 3 is 2.37 bits per heavy atom. The average molecular weight is 392 g/mol. The molecule has 3 fully saturated rings. The molecular weight excluding hydrogens is 362 g/mol. The van der Waals surface area contributed by atoms with Gasteiger partial charge >= 0.3 is 0 Å². The number of amides is 1. The number of hydrogen-bond acceptors (Lipinski definition) is 4. The van der Waals surface area contributed by atoms with Crippen LogP contribution in [0, 0.1) is 5.92 Å². The predicted octanol–water partition coefficient (Wildman–Crippen LogP) is 1.83. The van der Waals surface area contributed by atoms with E-state index in [1.54, 1.807) is 30.3 Å². The van der Waals surface area contributed by atoms with Gasteiger partial charge in [0.15, 0.2) is 0 Å². The van der Waals surface area contributed by atoms with E-state index in [0.717, 1.165) is 44.8 Å². The summed E-state index contributed by atoms with van der Waals surface area (Å²) < 4.78 is 27.4. The molecule has 3 aliphatic rings. The Morgan fingerprint density at radius 2 is 1.70 bits per heavy atom. The van der Waals surface area contributed by atoms with Crippen molar-refractivity contribution in [2.24, 2.45) is 5.92 Å². The zero-order valence-electron chi connectivity index (χ0n) is 15.7. The van der Waals surface area contributed by atoms with Gasteiger partial charge < -0.3 is 10.2 Å². The molecule has 4 rings (SSSR count). The first-order chi connectivity index (χ1) is 13.1. The highest BCUT2D eigenvalue weighted by atomic mass is 32.2. The first-order valence-corrected chi connectivity index (χ1v) is 11.6. The van der Waals surface area contributed by atoms with Gasteiger partial charge in [-0.2, -0.15) is 4.31 Å². The minimum absolute atomic E-state index is 0.0207. The van der Waals surface area contributed by atoms with Crippen molar-refractivity contribution in [2.75, 3.05) is 26.2 Å². The van der Waals surface area contributed by atoms with Crippen LogP contribution in [0.25, 0.3) is 0 Å². The van der Waals surface area contributed by atoms with Crippen molar-refractivity contribution < 1.29 is 13.2 Å². The molecular formula is C20H29N3O3S. The number of likely N-dealkylation sites (tertiary alicyclic amines) is 1. The van der Waals surface area contributed by atoms with Gasteiger partial charge in [0.05, 0.1) is 4.90 Å². The Balaban J connectivity index is 1.38. The molecule has 1 aliphatic carbocycles. The highest BCUT2D eigenvalue weighted by molar-refractivity contribution is 7.89. The molecule has 1 unspecified atom stereocenters. The predicted molar refractivity (Wildman–Crippen MR) is 104 cm³/mol. The number of hydrogen-bond donors (Lipinski definition) is 1. The number of piperidine rings is 1. The van der Waals surface area contributed by atoms with Crippen molar-refractivity contribution >= 4 is 15.9 Å². The van der Waals surface area contributed by atoms with Gasteiger partial charge in [0.2, 0.25) is 15.9 Å². The van der Waals surface area contributed by atoms with Gasteiger partial charge in [0.25, 0.3) is 0 Å². The van der Waals surface area contributed by atoms with Crippen LogP contribution in [0.5, 0.6) is 0 Å². The van der Waals surface area contributed by atoms with Gasteiger partial charge in [-0.3, -0.25) is 4.79 Å². The molecule has 27 heavy (non-hydrogen) atoms. The number of nitrogens with zero attached hydrogens (tertiary/aromatic N) is 2. The van der Waals surface area contributed by atoms with E-state index in [2.05, 4.69) is 5.32 Å². The zero-order valence-corrected chi connectivity index (χ0v) is 16.5. The molecule has 0 radical (unpaired) electrons. The Labute approximate surface area is 162 Å². The molecule has 148 valence electrons. The second-order valence-electron chi connectivity index (χ2n) is 8.04. The summed E-state index contributed by atoms with van der Waals surface area (Å²) in [7, 11) is -3.62. The first kappa shape index (κ1) is 18.9. The lowest BCUT2D eigenvalue weighted by Gasteiger charge is -2.35. The summed E-state index contributed by atoms with van der Waals surface area (Å²) in [6.07, 6.45) is 5.95. The molecule has 1 saturated carbocycles. The van der Waals surface area contributed by atoms with Gasteiger partial charge in [-0.1, -0.05) is 18.2 Å². The third-order valence-electron chi connectivity index (χ3n) is 6.04. The third kappa shape index (κ3) is 4.20. The molecule has 6 nitrogen and oxygen atoms in total. The van der Waals surface area contributed by atoms with Crippen molar-refractivity contribution in [3.8, 4) is 0 Å². The molecule has 1 aromatic rings. The zero-order chi connectivity index (χ0) is 18.9. The van der Waals surface area contributed by atoms with Crippen LogP contribution in [0.3, 0.4) is 0 Å². The van der Waals surface area contributed by atoms with E-state index < -0.39 is 16.1 Å². The van der Waals surface area contributed by atoms with Crippen LogP contribution in [-0.4, -0.2) is 61.8 Å². The van der Waals surface area contributed by atoms with Crippen LogP contribution >= 0.6 is 0 Å². The normalized spacial score (nSPS) is 25.0. The highest BCUT2D eigenvalue weighted by Gasteiger charge is 2.41. The lowest BCUT2D eigenvalue weighted by atomic mass is 10.0. The number of carbonyl (C=O) groups is 1. The lowest BCUT2D eigenvalue weighted by molar-refractivity contribution is -0.135. The molecule has 0 spiro atoms. The fourth-order valence-corrected chi connectivity index (χ4v) is 5.84. The molecule has 1 N–H and O–H groups in total. The van der Waals surface area contributed by atoms with Crippen molar-refractivity contribution in [3.05, 3.63) is 30.3 Å². The number of carbonyl (C=O) groups excluding carboxylic acids is 1. The molecule has 0 aromatic heterocycles. The summed E-state index contributed by atoms with van der Waals surface area (Å²) in [6.45, 7) is 2.96. The fraction of sp³-hybridized carbons (Fsp3) is 0.650. The summed E-state index contributed by atoms with van der Waals surface area (Å²) in [5, 5.41) is 3.62. The van der Waals surface area contributed by atoms with Crippen LogP contribution in [-0.2, 0) is 14.8 Å². The number of rotatable bonds is 6. The summed E-state index contributed by atoms with van der Waals surface area (Å²) in [6, 6.07) is 8.39. The molecule has 2 aliphatic heterocycles. The Bertz CT molecular complexity index is 756. The largest absolute Gasteiger partial charge is 0.341 e. The van der Waals surface area contributed by atoms with Gasteiger partial charge in [-0.05, 0) is 63.1 Å². The fourth-order valence-electron chi connectivity index (χ4n) is 4.17. The standard InChI is InChI=1S/C20H29N3O3S/c24-20(22-13-10-17(11-14-22)21-15-16-8-9-16)19-7-4-12-23(19)27(25,26)18-5-2-1-3-6-18/h1-3,5-6,16-17,19,21H,4,7-15H2. The maximum atomic E-state index is 13.1. The van der Waals surface area contributed by atoms with E-state index in [1.165, 1.54) is 17.1 Å². The van der Waals surface area contributed by atoms with Crippen LogP contribution in [0.1, 0.15) is 38.5 Å². The summed E-state index contributed by atoms with van der Waals surface area (Å²) in [5.41, 5.74) is 0. The molecule has 1 amide bonds. The number of sulfonamides is 1. The van der Waals surface area contributed by atoms with Crippen molar-refractivity contribution in [3.63, 3.8) is 0 Å². The molecule has 1 atom stereocenters. The summed E-state index contributed by atoms with van der Waals surface area (Å²) in [5.74, 6) is 0.840. The molecule has 7 heteroatoms. The topological polar surface area (TPSA) is 69.7 Å². The second-order valence-corrected chi connectivity index (χ2v) is 9.93. The van der Waals surface area contributed by atoms with Gasteiger partial charge in [0, 0.05) is 25.7 Å². The average Bonchev–Trinajstić information content (AvgIpc) is 3.40. The Kier molecular flexibility index (Phi) is 5.53. The Morgan fingerprint density at radius 1 is 1.00 bits per heavy atom. The molecule has 0 bridgehead atoms. The molecule has 2 saturated heterocycles. The van der Waals surface area contributed by atoms with Crippen LogP contribution < -0.4 is 5.32 Å². The number of nitrogens with one attached hydrogen (secondary N) is 1. The smallest absolute Gasteiger partial charge is 0.243 e. The van der Waals surface area contributed by atoms with E-state index in [9.17, 15) is 13.2 Å². The minimum Gasteiger partial charge on any atom is -0.341 e. The maximum absolute atomic E-state index is 13.1. The number of benzene rings is 1. The van der Waals surface area contributed by atoms with E-state index in [0.29, 0.717) is 19.0 Å². The molecule has 2 heterocycles. The van der Waals surface area contributed by atoms with Gasteiger partial charge in [0.1, 0.15) is 6.04 Å². The second kappa shape index (κ2) is 7.89. The highest BCUT2D eigenvalue weighted by Crippen LogP contribution is 2.29. The van der Waals surface area contributed by atoms with E-state index in [4.69, 9.17) is 0 Å². The van der Waals surface area contributed by atoms with Crippen LogP contribution in [0.15, 0.2) is 35.2 Å². The van der Waals surface area contributed by atoms with Crippen molar-refractivity contribution in [2.45, 2.75) is 55.5 Å².